The molecule has 4 aromatic rings. The van der Waals surface area contributed by atoms with Crippen LogP contribution < -0.4 is 10.6 Å². The molecule has 0 bridgehead atoms. The average molecular weight is 414 g/mol. The van der Waals surface area contributed by atoms with E-state index in [9.17, 15) is 18.0 Å². The van der Waals surface area contributed by atoms with Crippen molar-refractivity contribution in [2.75, 3.05) is 17.2 Å². The van der Waals surface area contributed by atoms with Gasteiger partial charge in [-0.25, -0.2) is 23.1 Å². The van der Waals surface area contributed by atoms with Gasteiger partial charge in [0.1, 0.15) is 5.82 Å². The summed E-state index contributed by atoms with van der Waals surface area (Å²) in [5.74, 6) is -4.13. The normalized spacial score (nSPS) is 10.9. The Morgan fingerprint density at radius 1 is 0.966 bits per heavy atom. The number of carbonyl (C=O) groups is 1. The summed E-state index contributed by atoms with van der Waals surface area (Å²) in [6.45, 7) is -0.261. The maximum Gasteiger partial charge on any atom is 0.243 e. The lowest BCUT2D eigenvalue weighted by atomic mass is 10.2. The van der Waals surface area contributed by atoms with E-state index in [-0.39, 0.29) is 6.54 Å². The highest BCUT2D eigenvalue weighted by molar-refractivity contribution is 7.13. The monoisotopic (exact) mass is 414 g/mol. The highest BCUT2D eigenvalue weighted by atomic mass is 32.1. The van der Waals surface area contributed by atoms with E-state index in [2.05, 4.69) is 20.6 Å². The molecule has 0 aliphatic rings. The summed E-state index contributed by atoms with van der Waals surface area (Å²) in [5, 5.41) is 7.74. The number of halogens is 3. The molecule has 0 fully saturated rings. The van der Waals surface area contributed by atoms with Gasteiger partial charge in [0.25, 0.3) is 0 Å². The van der Waals surface area contributed by atoms with Crippen LogP contribution in [0.2, 0.25) is 0 Å². The topological polar surface area (TPSA) is 66.9 Å². The van der Waals surface area contributed by atoms with E-state index in [1.807, 2.05) is 41.8 Å². The first kappa shape index (κ1) is 18.9. The third kappa shape index (κ3) is 3.90. The second-order valence-electron chi connectivity index (χ2n) is 6.01. The van der Waals surface area contributed by atoms with Gasteiger partial charge in [-0.05, 0) is 35.7 Å². The molecule has 4 rings (SSSR count). The molecule has 0 atom stereocenters. The molecule has 1 amide bonds. The number of nitrogens with zero attached hydrogens (tertiary/aromatic N) is 2. The first-order chi connectivity index (χ1) is 14.0. The number of aromatic nitrogens is 2. The number of amides is 1. The maximum absolute atomic E-state index is 13.7. The van der Waals surface area contributed by atoms with Crippen molar-refractivity contribution in [3.05, 3.63) is 71.4 Å². The van der Waals surface area contributed by atoms with E-state index >= 15 is 0 Å². The minimum absolute atomic E-state index is 0.261. The Labute approximate surface area is 167 Å². The molecule has 2 aromatic carbocycles. The Balaban J connectivity index is 1.56. The standard InChI is InChI=1S/C20H13F3N4OS/c21-12-7-8-14(18(23)17(12)22)25-16(28)10-24-19-11-4-1-2-5-13(11)26-20(27-19)15-6-3-9-29-15/h1-9H,10H2,(H,25,28)(H,24,26,27). The van der Waals surface area contributed by atoms with Crippen molar-refractivity contribution in [2.45, 2.75) is 0 Å². The Morgan fingerprint density at radius 3 is 2.59 bits per heavy atom. The van der Waals surface area contributed by atoms with Gasteiger partial charge >= 0.3 is 0 Å². The van der Waals surface area contributed by atoms with E-state index in [0.717, 1.165) is 17.0 Å². The fourth-order valence-corrected chi connectivity index (χ4v) is 3.37. The largest absolute Gasteiger partial charge is 0.360 e. The second kappa shape index (κ2) is 7.88. The van der Waals surface area contributed by atoms with Gasteiger partial charge in [0.05, 0.1) is 22.6 Å². The molecule has 0 aliphatic carbocycles. The molecule has 2 aromatic heterocycles. The summed E-state index contributed by atoms with van der Waals surface area (Å²) in [4.78, 5) is 22.1. The zero-order valence-electron chi connectivity index (χ0n) is 14.7. The van der Waals surface area contributed by atoms with Gasteiger partial charge in [0.15, 0.2) is 23.3 Å². The number of thiophene rings is 1. The fraction of sp³-hybridized carbons (Fsp3) is 0.0500. The minimum Gasteiger partial charge on any atom is -0.360 e. The first-order valence-electron chi connectivity index (χ1n) is 8.51. The van der Waals surface area contributed by atoms with Gasteiger partial charge in [-0.15, -0.1) is 11.3 Å². The minimum atomic E-state index is -1.64. The van der Waals surface area contributed by atoms with Crippen molar-refractivity contribution in [1.29, 1.82) is 0 Å². The van der Waals surface area contributed by atoms with Crippen LogP contribution in [0.25, 0.3) is 21.6 Å². The van der Waals surface area contributed by atoms with Crippen molar-refractivity contribution in [3.8, 4) is 10.7 Å². The van der Waals surface area contributed by atoms with Crippen LogP contribution >= 0.6 is 11.3 Å². The number of hydrogen-bond donors (Lipinski definition) is 2. The molecular formula is C20H13F3N4OS. The van der Waals surface area contributed by atoms with Crippen LogP contribution in [0, 0.1) is 17.5 Å². The van der Waals surface area contributed by atoms with Gasteiger partial charge in [0, 0.05) is 5.39 Å². The molecular weight excluding hydrogens is 401 g/mol. The Hall–Kier alpha value is -3.46. The van der Waals surface area contributed by atoms with Crippen LogP contribution in [0.5, 0.6) is 0 Å². The molecule has 29 heavy (non-hydrogen) atoms. The average Bonchev–Trinajstić information content (AvgIpc) is 3.27. The van der Waals surface area contributed by atoms with Crippen LogP contribution in [0.4, 0.5) is 24.7 Å². The van der Waals surface area contributed by atoms with Crippen molar-refractivity contribution in [3.63, 3.8) is 0 Å². The summed E-state index contributed by atoms with van der Waals surface area (Å²) in [7, 11) is 0. The van der Waals surface area contributed by atoms with Gasteiger partial charge < -0.3 is 10.6 Å². The van der Waals surface area contributed by atoms with Crippen molar-refractivity contribution in [1.82, 2.24) is 9.97 Å². The van der Waals surface area contributed by atoms with Gasteiger partial charge in [-0.1, -0.05) is 18.2 Å². The number of rotatable bonds is 5. The number of carbonyl (C=O) groups excluding carboxylic acids is 1. The molecule has 0 saturated heterocycles. The Bertz CT molecular complexity index is 1200. The number of anilines is 2. The molecule has 0 radical (unpaired) electrons. The highest BCUT2D eigenvalue weighted by Crippen LogP contribution is 2.27. The number of nitrogens with one attached hydrogen (secondary N) is 2. The van der Waals surface area contributed by atoms with Crippen LogP contribution in [-0.4, -0.2) is 22.4 Å². The zero-order chi connectivity index (χ0) is 20.4. The van der Waals surface area contributed by atoms with E-state index in [1.54, 1.807) is 0 Å². The molecule has 0 spiro atoms. The highest BCUT2D eigenvalue weighted by Gasteiger charge is 2.16. The van der Waals surface area contributed by atoms with Crippen LogP contribution in [0.3, 0.4) is 0 Å². The predicted octanol–water partition coefficient (Wildman–Crippen LogP) is 4.83. The van der Waals surface area contributed by atoms with Gasteiger partial charge in [0.2, 0.25) is 5.91 Å². The van der Waals surface area contributed by atoms with Gasteiger partial charge in [-0.3, -0.25) is 4.79 Å². The zero-order valence-corrected chi connectivity index (χ0v) is 15.6. The second-order valence-corrected chi connectivity index (χ2v) is 6.96. The quantitative estimate of drug-likeness (QED) is 0.459. The molecule has 146 valence electrons. The molecule has 5 nitrogen and oxygen atoms in total. The Kier molecular flexibility index (Phi) is 5.13. The molecule has 2 N–H and O–H groups in total. The summed E-state index contributed by atoms with van der Waals surface area (Å²) >= 11 is 1.48. The SMILES string of the molecule is O=C(CNc1nc(-c2cccs2)nc2ccccc12)Nc1ccc(F)c(F)c1F. The van der Waals surface area contributed by atoms with E-state index in [0.29, 0.717) is 22.5 Å². The molecule has 2 heterocycles. The summed E-state index contributed by atoms with van der Waals surface area (Å²) in [6, 6.07) is 12.8. The third-order valence-electron chi connectivity index (χ3n) is 4.07. The summed E-state index contributed by atoms with van der Waals surface area (Å²) < 4.78 is 40.1. The molecule has 0 saturated carbocycles. The maximum atomic E-state index is 13.7. The van der Waals surface area contributed by atoms with Crippen LogP contribution in [-0.2, 0) is 4.79 Å². The summed E-state index contributed by atoms with van der Waals surface area (Å²) in [6.07, 6.45) is 0. The van der Waals surface area contributed by atoms with E-state index in [1.165, 1.54) is 11.3 Å². The molecule has 0 aliphatic heterocycles. The Morgan fingerprint density at radius 2 is 1.79 bits per heavy atom. The van der Waals surface area contributed by atoms with Crippen molar-refractivity contribution in [2.24, 2.45) is 0 Å². The predicted molar refractivity (Wildman–Crippen MR) is 106 cm³/mol. The lowest BCUT2D eigenvalue weighted by Gasteiger charge is -2.11. The number of hydrogen-bond acceptors (Lipinski definition) is 5. The van der Waals surface area contributed by atoms with Crippen LogP contribution in [0.1, 0.15) is 0 Å². The third-order valence-corrected chi connectivity index (χ3v) is 4.94. The van der Waals surface area contributed by atoms with Crippen molar-refractivity contribution < 1.29 is 18.0 Å². The lowest BCUT2D eigenvalue weighted by molar-refractivity contribution is -0.114. The lowest BCUT2D eigenvalue weighted by Crippen LogP contribution is -2.23. The number of para-hydroxylation sites is 1. The van der Waals surface area contributed by atoms with E-state index in [4.69, 9.17) is 0 Å². The first-order valence-corrected chi connectivity index (χ1v) is 9.39. The number of benzene rings is 2. The molecule has 0 unspecified atom stereocenters. The van der Waals surface area contributed by atoms with Gasteiger partial charge in [-0.2, -0.15) is 0 Å². The smallest absolute Gasteiger partial charge is 0.243 e. The van der Waals surface area contributed by atoms with Crippen LogP contribution in [0.15, 0.2) is 53.9 Å². The number of fused-ring (bicyclic) bond motifs is 1. The van der Waals surface area contributed by atoms with E-state index < -0.39 is 29.0 Å². The fourth-order valence-electron chi connectivity index (χ4n) is 2.71. The molecule has 9 heteroatoms. The van der Waals surface area contributed by atoms with Crippen molar-refractivity contribution >= 4 is 39.7 Å². The summed E-state index contributed by atoms with van der Waals surface area (Å²) in [5.41, 5.74) is 0.253.